The van der Waals surface area contributed by atoms with Gasteiger partial charge in [-0.05, 0) is 18.2 Å². The molecule has 0 amide bonds. The van der Waals surface area contributed by atoms with Crippen molar-refractivity contribution in [2.24, 2.45) is 0 Å². The summed E-state index contributed by atoms with van der Waals surface area (Å²) in [4.78, 5) is 0. The first kappa shape index (κ1) is 14.6. The molecule has 0 heterocycles. The van der Waals surface area contributed by atoms with E-state index in [1.54, 1.807) is 0 Å². The van der Waals surface area contributed by atoms with Gasteiger partial charge in [0.05, 0.1) is 11.1 Å². The molecule has 0 unspecified atom stereocenters. The number of rotatable bonds is 0. The maximum atomic E-state index is 12.0. The van der Waals surface area contributed by atoms with Crippen molar-refractivity contribution in [2.45, 2.75) is 12.4 Å². The van der Waals surface area contributed by atoms with Gasteiger partial charge >= 0.3 is 35.4 Å². The summed E-state index contributed by atoms with van der Waals surface area (Å²) in [5.74, 6) is 0. The first-order valence-corrected chi connectivity index (χ1v) is 3.46. The molecule has 1 rings (SSSR count). The molecule has 0 radical (unpaired) electrons. The van der Waals surface area contributed by atoms with Crippen LogP contribution in [0.4, 0.5) is 26.3 Å². The maximum Gasteiger partial charge on any atom is 2.00 e. The Morgan fingerprint density at radius 3 is 1.40 bits per heavy atom. The summed E-state index contributed by atoms with van der Waals surface area (Å²) in [6, 6.07) is 2.00. The molecule has 0 saturated heterocycles. The largest absolute Gasteiger partial charge is 2.00 e. The second kappa shape index (κ2) is 4.61. The Kier molecular flexibility index (Phi) is 4.47. The molecule has 0 fully saturated rings. The number of alkyl halides is 6. The number of hydrogen-bond donors (Lipinski definition) is 0. The van der Waals surface area contributed by atoms with Crippen LogP contribution >= 0.6 is 0 Å². The molecule has 0 N–H and O–H groups in total. The molecule has 1 aromatic carbocycles. The van der Waals surface area contributed by atoms with Crippen molar-refractivity contribution in [3.63, 3.8) is 0 Å². The van der Waals surface area contributed by atoms with Gasteiger partial charge in [-0.3, -0.25) is 0 Å². The van der Waals surface area contributed by atoms with Gasteiger partial charge in [-0.15, -0.1) is 0 Å². The normalized spacial score (nSPS) is 12.1. The van der Waals surface area contributed by atoms with E-state index in [0.29, 0.717) is 12.1 Å². The molecule has 0 aliphatic heterocycles. The van der Waals surface area contributed by atoms with E-state index in [9.17, 15) is 26.3 Å². The SMILES string of the molecule is FC(F)(F)c1cccc(C(F)(F)F)c1.[H-].[H-].[Mg+2]. The van der Waals surface area contributed by atoms with Gasteiger partial charge in [0.1, 0.15) is 0 Å². The van der Waals surface area contributed by atoms with Crippen LogP contribution in [0.3, 0.4) is 0 Å². The summed E-state index contributed by atoms with van der Waals surface area (Å²) < 4.78 is 71.9. The summed E-state index contributed by atoms with van der Waals surface area (Å²) in [5, 5.41) is 0. The molecule has 0 bridgehead atoms. The molecule has 0 aromatic heterocycles. The van der Waals surface area contributed by atoms with Gasteiger partial charge in [-0.25, -0.2) is 0 Å². The standard InChI is InChI=1S/C8H4F6.Mg.2H/c9-7(10,11)5-2-1-3-6(4-5)8(12,13)14;;;/h1-4H;;;/q;+2;2*-1. The van der Waals surface area contributed by atoms with Crippen LogP contribution in [0.1, 0.15) is 14.0 Å². The molecule has 82 valence electrons. The van der Waals surface area contributed by atoms with E-state index in [2.05, 4.69) is 0 Å². The van der Waals surface area contributed by atoms with Crippen molar-refractivity contribution in [1.29, 1.82) is 0 Å². The quantitative estimate of drug-likeness (QED) is 0.480. The molecule has 1 aromatic rings. The van der Waals surface area contributed by atoms with E-state index in [1.807, 2.05) is 0 Å². The van der Waals surface area contributed by atoms with Crippen LogP contribution in [0.25, 0.3) is 0 Å². The molecule has 0 spiro atoms. The van der Waals surface area contributed by atoms with E-state index >= 15 is 0 Å². The fourth-order valence-corrected chi connectivity index (χ4v) is 0.872. The van der Waals surface area contributed by atoms with Crippen LogP contribution in [0, 0.1) is 0 Å². The fourth-order valence-electron chi connectivity index (χ4n) is 0.872. The van der Waals surface area contributed by atoms with Crippen molar-refractivity contribution >= 4 is 23.1 Å². The Labute approximate surface area is 100 Å². The average Bonchev–Trinajstić information content (AvgIpc) is 2.01. The Balaban J connectivity index is -0.000000653. The number of benzene rings is 1. The van der Waals surface area contributed by atoms with E-state index in [1.165, 1.54) is 0 Å². The average molecular weight is 240 g/mol. The third kappa shape index (κ3) is 3.90. The second-order valence-corrected chi connectivity index (χ2v) is 2.58. The maximum absolute atomic E-state index is 12.0. The topological polar surface area (TPSA) is 0 Å². The molecule has 0 atom stereocenters. The van der Waals surface area contributed by atoms with Crippen molar-refractivity contribution in [3.05, 3.63) is 35.4 Å². The zero-order valence-electron chi connectivity index (χ0n) is 9.28. The molecule has 0 aliphatic carbocycles. The van der Waals surface area contributed by atoms with E-state index in [0.717, 1.165) is 6.07 Å². The minimum Gasteiger partial charge on any atom is -1.00 e. The van der Waals surface area contributed by atoms with Crippen LogP contribution in [0.5, 0.6) is 0 Å². The van der Waals surface area contributed by atoms with E-state index in [-0.39, 0.29) is 32.0 Å². The van der Waals surface area contributed by atoms with Crippen molar-refractivity contribution < 1.29 is 29.2 Å². The predicted octanol–water partition coefficient (Wildman–Crippen LogP) is 3.57. The van der Waals surface area contributed by atoms with Crippen LogP contribution in [0.15, 0.2) is 24.3 Å². The third-order valence-electron chi connectivity index (χ3n) is 1.52. The van der Waals surface area contributed by atoms with Gasteiger partial charge in [0.25, 0.3) is 0 Å². The third-order valence-corrected chi connectivity index (χ3v) is 1.52. The van der Waals surface area contributed by atoms with Gasteiger partial charge in [0, 0.05) is 0 Å². The summed E-state index contributed by atoms with van der Waals surface area (Å²) in [7, 11) is 0. The minimum absolute atomic E-state index is 0. The van der Waals surface area contributed by atoms with Gasteiger partial charge in [0.2, 0.25) is 0 Å². The first-order valence-electron chi connectivity index (χ1n) is 3.46. The van der Waals surface area contributed by atoms with Gasteiger partial charge in [-0.1, -0.05) is 6.07 Å². The molecule has 0 nitrogen and oxygen atoms in total. The van der Waals surface area contributed by atoms with Crippen LogP contribution < -0.4 is 0 Å². The van der Waals surface area contributed by atoms with Crippen molar-refractivity contribution in [2.75, 3.05) is 0 Å². The minimum atomic E-state index is -4.75. The fraction of sp³-hybridized carbons (Fsp3) is 0.250. The molecule has 0 aliphatic rings. The van der Waals surface area contributed by atoms with Gasteiger partial charge in [-0.2, -0.15) is 26.3 Å². The molecule has 15 heavy (non-hydrogen) atoms. The van der Waals surface area contributed by atoms with Crippen molar-refractivity contribution in [3.8, 4) is 0 Å². The molecule has 7 heteroatoms. The summed E-state index contributed by atoms with van der Waals surface area (Å²) in [5.41, 5.74) is -2.60. The summed E-state index contributed by atoms with van der Waals surface area (Å²) in [6.45, 7) is 0. The molecule has 0 saturated carbocycles. The zero-order valence-corrected chi connectivity index (χ0v) is 8.70. The smallest absolute Gasteiger partial charge is 1.00 e. The predicted molar refractivity (Wildman–Crippen MR) is 44.4 cm³/mol. The monoisotopic (exact) mass is 240 g/mol. The second-order valence-electron chi connectivity index (χ2n) is 2.58. The summed E-state index contributed by atoms with van der Waals surface area (Å²) in [6.07, 6.45) is -9.50. The van der Waals surface area contributed by atoms with E-state index in [4.69, 9.17) is 0 Å². The van der Waals surface area contributed by atoms with Crippen LogP contribution in [-0.2, 0) is 12.4 Å². The van der Waals surface area contributed by atoms with Crippen molar-refractivity contribution in [1.82, 2.24) is 0 Å². The van der Waals surface area contributed by atoms with Gasteiger partial charge in [0.15, 0.2) is 0 Å². The first-order chi connectivity index (χ1) is 6.21. The Hall–Kier alpha value is -0.434. The number of hydrogen-bond acceptors (Lipinski definition) is 0. The van der Waals surface area contributed by atoms with Gasteiger partial charge < -0.3 is 2.85 Å². The zero-order chi connectivity index (χ0) is 11.0. The molecular formula is C8H6F6Mg. The molecular weight excluding hydrogens is 234 g/mol. The Morgan fingerprint density at radius 2 is 1.13 bits per heavy atom. The Morgan fingerprint density at radius 1 is 0.800 bits per heavy atom. The van der Waals surface area contributed by atoms with Crippen LogP contribution in [0.2, 0.25) is 0 Å². The van der Waals surface area contributed by atoms with E-state index < -0.39 is 23.5 Å². The van der Waals surface area contributed by atoms with Crippen LogP contribution in [-0.4, -0.2) is 23.1 Å². The summed E-state index contributed by atoms with van der Waals surface area (Å²) >= 11 is 0. The Bertz CT molecular complexity index is 306. The number of halogens is 6.